The number of carboxylic acids is 1. The molecule has 1 aromatic heterocycles. The molecule has 0 bridgehead atoms. The lowest BCUT2D eigenvalue weighted by molar-refractivity contribution is -0.133. The van der Waals surface area contributed by atoms with Gasteiger partial charge >= 0.3 is 5.97 Å². The van der Waals surface area contributed by atoms with Crippen molar-refractivity contribution < 1.29 is 14.7 Å². The van der Waals surface area contributed by atoms with Gasteiger partial charge in [0.1, 0.15) is 0 Å². The molecule has 5 nitrogen and oxygen atoms in total. The maximum atomic E-state index is 11.8. The summed E-state index contributed by atoms with van der Waals surface area (Å²) in [6.07, 6.45) is 1.61. The van der Waals surface area contributed by atoms with Gasteiger partial charge in [0.05, 0.1) is 16.0 Å². The average molecular weight is 297 g/mol. The number of benzene rings is 1. The number of carbonyl (C=O) groups excluding carboxylic acids is 1. The first kappa shape index (κ1) is 13.8. The van der Waals surface area contributed by atoms with Gasteiger partial charge in [0.15, 0.2) is 5.13 Å². The number of thiazole rings is 1. The molecule has 101 valence electrons. The Bertz CT molecular complexity index is 639. The van der Waals surface area contributed by atoms with Gasteiger partial charge in [0.2, 0.25) is 0 Å². The lowest BCUT2D eigenvalue weighted by Crippen LogP contribution is -2.14. The third-order valence-corrected chi connectivity index (χ3v) is 4.76. The zero-order valence-electron chi connectivity index (χ0n) is 10.5. The van der Waals surface area contributed by atoms with Gasteiger partial charge in [-0.3, -0.25) is 14.9 Å². The number of hydrogen-bond acceptors (Lipinski definition) is 4. The second-order valence-electron chi connectivity index (χ2n) is 4.08. The van der Waals surface area contributed by atoms with Crippen molar-refractivity contribution in [3.8, 4) is 0 Å². The summed E-state index contributed by atoms with van der Waals surface area (Å²) >= 11 is 1.39. The molecule has 0 aliphatic heterocycles. The van der Waals surface area contributed by atoms with Crippen molar-refractivity contribution in [3.05, 3.63) is 23.8 Å². The minimum Gasteiger partial charge on any atom is -0.481 e. The molecule has 0 fully saturated rings. The van der Waals surface area contributed by atoms with Crippen molar-refractivity contribution in [1.29, 1.82) is 0 Å². The molecule has 1 amide bonds. The third-order valence-electron chi connectivity index (χ3n) is 2.41. The molecule has 19 heavy (non-hydrogen) atoms. The van der Waals surface area contributed by atoms with Crippen LogP contribution in [-0.4, -0.2) is 33.3 Å². The fourth-order valence-electron chi connectivity index (χ4n) is 1.51. The number of carboxylic acid groups (broad SMARTS) is 1. The molecule has 1 heterocycles. The lowest BCUT2D eigenvalue weighted by atomic mass is 10.2. The molecule has 1 aromatic carbocycles. The van der Waals surface area contributed by atoms with Gasteiger partial charge in [-0.2, -0.15) is 0 Å². The number of rotatable bonds is 3. The van der Waals surface area contributed by atoms with Crippen LogP contribution in [0.5, 0.6) is 0 Å². The number of fused-ring (bicyclic) bond motifs is 1. The second-order valence-corrected chi connectivity index (χ2v) is 7.04. The summed E-state index contributed by atoms with van der Waals surface area (Å²) in [5.74, 6) is -1.13. The number of aromatic nitrogens is 1. The number of anilines is 1. The molecule has 2 aromatic rings. The van der Waals surface area contributed by atoms with Gasteiger partial charge in [-0.05, 0) is 30.9 Å². The van der Waals surface area contributed by atoms with E-state index in [0.717, 1.165) is 15.8 Å². The highest BCUT2D eigenvalue weighted by Gasteiger charge is 2.16. The lowest BCUT2D eigenvalue weighted by Gasteiger charge is -2.09. The molecule has 0 saturated carbocycles. The molecule has 0 atom stereocenters. The van der Waals surface area contributed by atoms with Crippen molar-refractivity contribution in [2.45, 2.75) is 6.92 Å². The van der Waals surface area contributed by atoms with E-state index in [2.05, 4.69) is 10.3 Å². The molecule has 0 saturated heterocycles. The van der Waals surface area contributed by atoms with E-state index in [4.69, 9.17) is 5.11 Å². The number of carbonyl (C=O) groups is 2. The Morgan fingerprint density at radius 3 is 2.89 bits per heavy atom. The molecule has 1 radical (unpaired) electrons. The van der Waals surface area contributed by atoms with Crippen LogP contribution in [0.3, 0.4) is 0 Å². The number of nitrogens with one attached hydrogen (secondary N) is 1. The quantitative estimate of drug-likeness (QED) is 0.912. The first-order chi connectivity index (χ1) is 8.95. The summed E-state index contributed by atoms with van der Waals surface area (Å²) in [6.45, 7) is 1.99. The van der Waals surface area contributed by atoms with Gasteiger partial charge in [0.25, 0.3) is 5.24 Å². The largest absolute Gasteiger partial charge is 0.481 e. The zero-order chi connectivity index (χ0) is 14.0. The van der Waals surface area contributed by atoms with Crippen molar-refractivity contribution in [3.63, 3.8) is 0 Å². The highest BCUT2D eigenvalue weighted by molar-refractivity contribution is 8.29. The van der Waals surface area contributed by atoms with E-state index in [0.29, 0.717) is 5.13 Å². The van der Waals surface area contributed by atoms with Crippen LogP contribution in [0.1, 0.15) is 5.56 Å². The average Bonchev–Trinajstić information content (AvgIpc) is 2.69. The molecule has 2 rings (SSSR count). The van der Waals surface area contributed by atoms with E-state index in [1.165, 1.54) is 11.3 Å². The molecule has 0 spiro atoms. The Morgan fingerprint density at radius 2 is 2.21 bits per heavy atom. The van der Waals surface area contributed by atoms with Crippen LogP contribution in [0.4, 0.5) is 9.93 Å². The summed E-state index contributed by atoms with van der Waals surface area (Å²) in [4.78, 5) is 26.7. The van der Waals surface area contributed by atoms with Crippen LogP contribution in [0.2, 0.25) is 0 Å². The van der Waals surface area contributed by atoms with E-state index >= 15 is 0 Å². The topological polar surface area (TPSA) is 79.3 Å². The highest BCUT2D eigenvalue weighted by Crippen LogP contribution is 2.29. The van der Waals surface area contributed by atoms with E-state index in [-0.39, 0.29) is 11.0 Å². The Labute approximate surface area is 117 Å². The van der Waals surface area contributed by atoms with Crippen molar-refractivity contribution in [1.82, 2.24) is 4.98 Å². The van der Waals surface area contributed by atoms with Crippen LogP contribution < -0.4 is 5.32 Å². The second kappa shape index (κ2) is 5.58. The summed E-state index contributed by atoms with van der Waals surface area (Å²) in [5.41, 5.74) is 1.97. The number of amides is 1. The first-order valence-corrected chi connectivity index (χ1v) is 8.10. The van der Waals surface area contributed by atoms with E-state index in [1.807, 2.05) is 25.1 Å². The zero-order valence-corrected chi connectivity index (χ0v) is 12.1. The fourth-order valence-corrected chi connectivity index (χ4v) is 3.31. The number of hydrogen-bond donors (Lipinski definition) is 2. The molecule has 2 N–H and O–H groups in total. The summed E-state index contributed by atoms with van der Waals surface area (Å²) in [5, 5.41) is 11.5. The van der Waals surface area contributed by atoms with Crippen molar-refractivity contribution >= 4 is 48.8 Å². The SMILES string of the molecule is Cc1ccc2nc(NC(=O)[S](C)CC(=O)O)sc2c1. The molecular weight excluding hydrogens is 284 g/mol. The molecule has 0 aliphatic rings. The molecular formula is C12H13N2O3S2. The van der Waals surface area contributed by atoms with Crippen LogP contribution >= 0.6 is 22.2 Å². The summed E-state index contributed by atoms with van der Waals surface area (Å²) in [6, 6.07) is 5.87. The van der Waals surface area contributed by atoms with Crippen molar-refractivity contribution in [2.24, 2.45) is 0 Å². The number of aryl methyl sites for hydroxylation is 1. The maximum Gasteiger partial charge on any atom is 0.313 e. The third kappa shape index (κ3) is 3.45. The first-order valence-electron chi connectivity index (χ1n) is 5.48. The van der Waals surface area contributed by atoms with Crippen LogP contribution in [0, 0.1) is 6.92 Å². The molecule has 0 aliphatic carbocycles. The van der Waals surface area contributed by atoms with E-state index < -0.39 is 16.9 Å². The minimum absolute atomic E-state index is 0.157. The standard InChI is InChI=1S/C12H13N2O3S2/c1-7-3-4-8-9(5-7)18-11(13-8)14-12(17)19(2)6-10(15)16/h3-5H,6H2,1-2H3,(H,15,16)(H,13,14,17). The summed E-state index contributed by atoms with van der Waals surface area (Å²) < 4.78 is 1.00. The maximum absolute atomic E-state index is 11.8. The smallest absolute Gasteiger partial charge is 0.313 e. The van der Waals surface area contributed by atoms with Crippen LogP contribution in [-0.2, 0) is 4.79 Å². The van der Waals surface area contributed by atoms with Gasteiger partial charge in [-0.15, -0.1) is 10.9 Å². The predicted octanol–water partition coefficient (Wildman–Crippen LogP) is 3.12. The minimum atomic E-state index is -0.971. The van der Waals surface area contributed by atoms with E-state index in [9.17, 15) is 9.59 Å². The predicted molar refractivity (Wildman–Crippen MR) is 79.4 cm³/mol. The Kier molecular flexibility index (Phi) is 4.06. The Hall–Kier alpha value is -1.60. The van der Waals surface area contributed by atoms with Gasteiger partial charge in [-0.1, -0.05) is 17.4 Å². The number of aliphatic carboxylic acids is 1. The van der Waals surface area contributed by atoms with E-state index in [1.54, 1.807) is 6.26 Å². The van der Waals surface area contributed by atoms with Crippen LogP contribution in [0.15, 0.2) is 18.2 Å². The van der Waals surface area contributed by atoms with Gasteiger partial charge in [0, 0.05) is 0 Å². The Morgan fingerprint density at radius 1 is 1.47 bits per heavy atom. The normalized spacial score (nSPS) is 10.9. The Balaban J connectivity index is 2.12. The molecule has 7 heteroatoms. The monoisotopic (exact) mass is 297 g/mol. The number of nitrogens with zero attached hydrogens (tertiary/aromatic N) is 1. The highest BCUT2D eigenvalue weighted by atomic mass is 32.2. The van der Waals surface area contributed by atoms with Crippen LogP contribution in [0.25, 0.3) is 10.2 Å². The van der Waals surface area contributed by atoms with Gasteiger partial charge < -0.3 is 5.11 Å². The molecule has 0 unspecified atom stereocenters. The fraction of sp³-hybridized carbons (Fsp3) is 0.250. The summed E-state index contributed by atoms with van der Waals surface area (Å²) in [7, 11) is -0.854. The van der Waals surface area contributed by atoms with Gasteiger partial charge in [-0.25, -0.2) is 4.98 Å². The van der Waals surface area contributed by atoms with Crippen molar-refractivity contribution in [2.75, 3.05) is 17.3 Å².